The molecule has 1 saturated heterocycles. The van der Waals surface area contributed by atoms with Gasteiger partial charge in [-0.2, -0.15) is 0 Å². The molecular weight excluding hydrogens is 158 g/mol. The van der Waals surface area contributed by atoms with Crippen molar-refractivity contribution in [1.82, 2.24) is 4.42 Å². The van der Waals surface area contributed by atoms with Crippen molar-refractivity contribution in [3.8, 4) is 0 Å². The van der Waals surface area contributed by atoms with Crippen LogP contribution >= 0.6 is 11.8 Å². The van der Waals surface area contributed by atoms with E-state index in [0.717, 1.165) is 4.42 Å². The van der Waals surface area contributed by atoms with E-state index < -0.39 is 18.1 Å². The third-order valence-electron chi connectivity index (χ3n) is 1.50. The van der Waals surface area contributed by atoms with E-state index >= 15 is 0 Å². The molecule has 1 heterocycles. The number of carboxylic acids is 1. The maximum absolute atomic E-state index is 10.3. The Bertz CT molecular complexity index is 152. The summed E-state index contributed by atoms with van der Waals surface area (Å²) in [5.74, 6) is -0.980. The van der Waals surface area contributed by atoms with Crippen LogP contribution in [0, 0.1) is 0 Å². The van der Waals surface area contributed by atoms with Crippen LogP contribution < -0.4 is 0 Å². The highest BCUT2D eigenvalue weighted by atomic mass is 35.5. The molecule has 2 atom stereocenters. The molecule has 1 aliphatic heterocycles. The Morgan fingerprint density at radius 2 is 2.30 bits per heavy atom. The second kappa shape index (κ2) is 2.74. The van der Waals surface area contributed by atoms with E-state index in [0.29, 0.717) is 0 Å². The van der Waals surface area contributed by atoms with Crippen molar-refractivity contribution in [3.05, 3.63) is 0 Å². The summed E-state index contributed by atoms with van der Waals surface area (Å²) in [6.07, 6.45) is -0.377. The van der Waals surface area contributed by atoms with Gasteiger partial charge in [-0.15, -0.1) is 0 Å². The van der Waals surface area contributed by atoms with Gasteiger partial charge < -0.3 is 10.2 Å². The average Bonchev–Trinajstić information content (AvgIpc) is 2.10. The van der Waals surface area contributed by atoms with E-state index in [2.05, 4.69) is 0 Å². The van der Waals surface area contributed by atoms with Crippen LogP contribution in [0.25, 0.3) is 0 Å². The van der Waals surface area contributed by atoms with Gasteiger partial charge in [0.1, 0.15) is 6.04 Å². The van der Waals surface area contributed by atoms with Crippen molar-refractivity contribution in [2.45, 2.75) is 18.6 Å². The molecule has 58 valence electrons. The fraction of sp³-hybridized carbons (Fsp3) is 0.800. The number of aliphatic hydroxyl groups is 1. The summed E-state index contributed by atoms with van der Waals surface area (Å²) < 4.78 is 1.12. The lowest BCUT2D eigenvalue weighted by atomic mass is 10.2. The first-order valence-electron chi connectivity index (χ1n) is 2.94. The van der Waals surface area contributed by atoms with E-state index in [1.807, 2.05) is 0 Å². The zero-order valence-electron chi connectivity index (χ0n) is 5.20. The van der Waals surface area contributed by atoms with Crippen molar-refractivity contribution in [2.24, 2.45) is 0 Å². The van der Waals surface area contributed by atoms with Crippen molar-refractivity contribution in [1.29, 1.82) is 0 Å². The summed E-state index contributed by atoms with van der Waals surface area (Å²) in [4.78, 5) is 10.3. The molecule has 0 bridgehead atoms. The quantitative estimate of drug-likeness (QED) is 0.522. The van der Waals surface area contributed by atoms with Crippen molar-refractivity contribution < 1.29 is 15.0 Å². The molecule has 0 aromatic rings. The van der Waals surface area contributed by atoms with Gasteiger partial charge in [-0.1, -0.05) is 0 Å². The summed E-state index contributed by atoms with van der Waals surface area (Å²) >= 11 is 5.46. The average molecular weight is 166 g/mol. The number of halogens is 1. The van der Waals surface area contributed by atoms with Gasteiger partial charge in [-0.25, -0.2) is 4.42 Å². The molecule has 0 spiro atoms. The van der Waals surface area contributed by atoms with Gasteiger partial charge in [0.15, 0.2) is 0 Å². The number of nitrogens with zero attached hydrogens (tertiary/aromatic N) is 1. The highest BCUT2D eigenvalue weighted by Crippen LogP contribution is 2.19. The Morgan fingerprint density at radius 3 is 2.50 bits per heavy atom. The number of aliphatic carboxylic acids is 1. The van der Waals surface area contributed by atoms with Crippen molar-refractivity contribution in [2.75, 3.05) is 6.54 Å². The molecule has 4 nitrogen and oxygen atoms in total. The standard InChI is InChI=1S/C5H8ClNO3/c6-7-2-3(8)1-4(7)5(9)10/h3-4,8H,1-2H2,(H,9,10)/t3-,4+/m0/s1. The molecule has 0 amide bonds. The van der Waals surface area contributed by atoms with Crippen molar-refractivity contribution >= 4 is 17.7 Å². The lowest BCUT2D eigenvalue weighted by Gasteiger charge is -2.09. The number of rotatable bonds is 1. The summed E-state index contributed by atoms with van der Waals surface area (Å²) in [5.41, 5.74) is 0. The maximum atomic E-state index is 10.3. The van der Waals surface area contributed by atoms with Crippen LogP contribution in [0.3, 0.4) is 0 Å². The number of hydrogen-bond acceptors (Lipinski definition) is 3. The number of carbonyl (C=O) groups is 1. The summed E-state index contributed by atoms with van der Waals surface area (Å²) in [6, 6.07) is -0.725. The molecule has 5 heteroatoms. The number of aliphatic hydroxyl groups excluding tert-OH is 1. The van der Waals surface area contributed by atoms with E-state index in [9.17, 15) is 4.79 Å². The minimum absolute atomic E-state index is 0.221. The molecule has 0 aromatic carbocycles. The van der Waals surface area contributed by atoms with Gasteiger partial charge in [0, 0.05) is 13.0 Å². The van der Waals surface area contributed by atoms with Crippen LogP contribution in [0.2, 0.25) is 0 Å². The van der Waals surface area contributed by atoms with E-state index in [1.54, 1.807) is 0 Å². The molecule has 2 N–H and O–H groups in total. The van der Waals surface area contributed by atoms with Crippen LogP contribution in [0.1, 0.15) is 6.42 Å². The number of carboxylic acid groups (broad SMARTS) is 1. The van der Waals surface area contributed by atoms with Gasteiger partial charge in [-0.05, 0) is 11.8 Å². The zero-order valence-corrected chi connectivity index (χ0v) is 5.95. The Morgan fingerprint density at radius 1 is 1.70 bits per heavy atom. The molecule has 10 heavy (non-hydrogen) atoms. The second-order valence-corrected chi connectivity index (χ2v) is 2.76. The zero-order chi connectivity index (χ0) is 7.72. The summed E-state index contributed by atoms with van der Waals surface area (Å²) in [6.45, 7) is 0.235. The lowest BCUT2D eigenvalue weighted by Crippen LogP contribution is -2.28. The fourth-order valence-electron chi connectivity index (χ4n) is 0.996. The minimum atomic E-state index is -0.980. The molecule has 0 saturated carbocycles. The van der Waals surface area contributed by atoms with Gasteiger partial charge in [0.05, 0.1) is 6.10 Å². The van der Waals surface area contributed by atoms with Crippen LogP contribution in [0.5, 0.6) is 0 Å². The normalized spacial score (nSPS) is 34.6. The van der Waals surface area contributed by atoms with Crippen LogP contribution in [0.15, 0.2) is 0 Å². The van der Waals surface area contributed by atoms with Gasteiger partial charge >= 0.3 is 5.97 Å². The monoisotopic (exact) mass is 165 g/mol. The molecule has 1 aliphatic rings. The number of hydrogen-bond donors (Lipinski definition) is 2. The highest BCUT2D eigenvalue weighted by molar-refractivity contribution is 6.15. The van der Waals surface area contributed by atoms with Crippen LogP contribution in [0.4, 0.5) is 0 Å². The van der Waals surface area contributed by atoms with Gasteiger partial charge in [0.2, 0.25) is 0 Å². The Kier molecular flexibility index (Phi) is 2.13. The van der Waals surface area contributed by atoms with Gasteiger partial charge in [-0.3, -0.25) is 4.79 Å². The Hall–Kier alpha value is -0.320. The first-order valence-corrected chi connectivity index (χ1v) is 3.28. The minimum Gasteiger partial charge on any atom is -0.480 e. The molecular formula is C5H8ClNO3. The fourth-order valence-corrected chi connectivity index (χ4v) is 1.32. The van der Waals surface area contributed by atoms with E-state index in [4.69, 9.17) is 22.0 Å². The third kappa shape index (κ3) is 1.39. The SMILES string of the molecule is O=C(O)[C@H]1C[C@H](O)CN1Cl. The first-order chi connectivity index (χ1) is 4.61. The summed E-state index contributed by atoms with van der Waals surface area (Å²) in [5, 5.41) is 17.4. The Balaban J connectivity index is 2.54. The van der Waals surface area contributed by atoms with Gasteiger partial charge in [0.25, 0.3) is 0 Å². The van der Waals surface area contributed by atoms with Crippen LogP contribution in [-0.4, -0.2) is 39.3 Å². The molecule has 0 aliphatic carbocycles. The number of β-amino-alcohol motifs (C(OH)–C–C–N with tert-alkyl or cyclic N) is 1. The van der Waals surface area contributed by atoms with Crippen molar-refractivity contribution in [3.63, 3.8) is 0 Å². The summed E-state index contributed by atoms with van der Waals surface area (Å²) in [7, 11) is 0. The topological polar surface area (TPSA) is 60.8 Å². The van der Waals surface area contributed by atoms with E-state index in [-0.39, 0.29) is 13.0 Å². The highest BCUT2D eigenvalue weighted by Gasteiger charge is 2.34. The molecule has 0 aromatic heterocycles. The third-order valence-corrected chi connectivity index (χ3v) is 1.88. The van der Waals surface area contributed by atoms with E-state index in [1.165, 1.54) is 0 Å². The molecule has 1 rings (SSSR count). The molecule has 1 fully saturated rings. The lowest BCUT2D eigenvalue weighted by molar-refractivity contribution is -0.140. The maximum Gasteiger partial charge on any atom is 0.322 e. The predicted octanol–water partition coefficient (Wildman–Crippen LogP) is -0.340. The smallest absolute Gasteiger partial charge is 0.322 e. The molecule has 0 unspecified atom stereocenters. The first kappa shape index (κ1) is 7.78. The Labute approximate surface area is 63.1 Å². The predicted molar refractivity (Wildman–Crippen MR) is 34.6 cm³/mol. The molecule has 0 radical (unpaired) electrons. The second-order valence-electron chi connectivity index (χ2n) is 2.33. The largest absolute Gasteiger partial charge is 0.480 e. The van der Waals surface area contributed by atoms with Crippen LogP contribution in [-0.2, 0) is 4.79 Å².